The maximum Gasteiger partial charge on any atom is 0.257 e. The number of ether oxygens (including phenoxy) is 1. The third-order valence-corrected chi connectivity index (χ3v) is 3.51. The minimum atomic E-state index is 0.0102. The zero-order chi connectivity index (χ0) is 15.1. The molecule has 1 aliphatic rings. The summed E-state index contributed by atoms with van der Waals surface area (Å²) in [6, 6.07) is 0. The Kier molecular flexibility index (Phi) is 5.92. The highest BCUT2D eigenvalue weighted by Crippen LogP contribution is 2.19. The molecule has 0 aromatic carbocycles. The molecule has 0 spiro atoms. The normalized spacial score (nSPS) is 18.0. The van der Waals surface area contributed by atoms with Crippen molar-refractivity contribution < 1.29 is 9.53 Å². The molecule has 1 unspecified atom stereocenters. The van der Waals surface area contributed by atoms with Gasteiger partial charge in [0.2, 0.25) is 5.95 Å². The Balaban J connectivity index is 1.86. The summed E-state index contributed by atoms with van der Waals surface area (Å²) in [6.07, 6.45) is 5.22. The van der Waals surface area contributed by atoms with Crippen molar-refractivity contribution in [3.63, 3.8) is 0 Å². The number of amides is 1. The monoisotopic (exact) mass is 292 g/mol. The molecule has 0 aliphatic carbocycles. The zero-order valence-electron chi connectivity index (χ0n) is 12.8. The molecule has 0 saturated carbocycles. The summed E-state index contributed by atoms with van der Waals surface area (Å²) >= 11 is 0. The fraction of sp³-hybridized carbons (Fsp3) is 0.667. The number of anilines is 1. The van der Waals surface area contributed by atoms with Gasteiger partial charge in [-0.15, -0.1) is 0 Å². The summed E-state index contributed by atoms with van der Waals surface area (Å²) in [5.41, 5.74) is 0.548. The van der Waals surface area contributed by atoms with Crippen LogP contribution in [0.4, 0.5) is 5.95 Å². The fourth-order valence-corrected chi connectivity index (χ4v) is 2.42. The predicted molar refractivity (Wildman–Crippen MR) is 81.3 cm³/mol. The molecule has 1 fully saturated rings. The van der Waals surface area contributed by atoms with Crippen LogP contribution in [0.2, 0.25) is 0 Å². The number of nitrogens with zero attached hydrogens (tertiary/aromatic N) is 3. The van der Waals surface area contributed by atoms with E-state index in [2.05, 4.69) is 22.2 Å². The standard InChI is InChI=1S/C15H24N4O2/c1-3-7-21-11-12-5-6-19(10-12)14(20)13-8-17-15(16-4-2)18-9-13/h8-9,12H,3-7,10-11H2,1-2H3,(H,16,17,18). The highest BCUT2D eigenvalue weighted by atomic mass is 16.5. The largest absolute Gasteiger partial charge is 0.381 e. The number of carbonyl (C=O) groups excluding carboxylic acids is 1. The molecular formula is C15H24N4O2. The third kappa shape index (κ3) is 4.39. The lowest BCUT2D eigenvalue weighted by Gasteiger charge is -2.16. The van der Waals surface area contributed by atoms with Gasteiger partial charge in [-0.05, 0) is 19.8 Å². The lowest BCUT2D eigenvalue weighted by molar-refractivity contribution is 0.0753. The van der Waals surface area contributed by atoms with Crippen LogP contribution in [0, 0.1) is 5.92 Å². The molecule has 0 bridgehead atoms. The molecule has 1 saturated heterocycles. The van der Waals surface area contributed by atoms with Crippen LogP contribution in [-0.4, -0.2) is 53.6 Å². The molecule has 2 heterocycles. The Labute approximate surface area is 125 Å². The molecule has 1 N–H and O–H groups in total. The average molecular weight is 292 g/mol. The Morgan fingerprint density at radius 3 is 2.86 bits per heavy atom. The lowest BCUT2D eigenvalue weighted by atomic mass is 10.1. The van der Waals surface area contributed by atoms with Crippen molar-refractivity contribution in [3.8, 4) is 0 Å². The molecule has 1 aromatic heterocycles. The number of rotatable bonds is 7. The van der Waals surface area contributed by atoms with E-state index in [1.54, 1.807) is 12.4 Å². The Morgan fingerprint density at radius 1 is 1.43 bits per heavy atom. The number of likely N-dealkylation sites (tertiary alicyclic amines) is 1. The van der Waals surface area contributed by atoms with Gasteiger partial charge >= 0.3 is 0 Å². The van der Waals surface area contributed by atoms with Crippen LogP contribution in [0.25, 0.3) is 0 Å². The second-order valence-corrected chi connectivity index (χ2v) is 5.31. The van der Waals surface area contributed by atoms with Crippen LogP contribution >= 0.6 is 0 Å². The fourth-order valence-electron chi connectivity index (χ4n) is 2.42. The molecule has 2 rings (SSSR count). The molecule has 1 amide bonds. The van der Waals surface area contributed by atoms with Crippen molar-refractivity contribution in [2.75, 3.05) is 38.2 Å². The Bertz CT molecular complexity index is 449. The lowest BCUT2D eigenvalue weighted by Crippen LogP contribution is -2.29. The highest BCUT2D eigenvalue weighted by Gasteiger charge is 2.27. The number of hydrogen-bond donors (Lipinski definition) is 1. The van der Waals surface area contributed by atoms with Gasteiger partial charge in [0.25, 0.3) is 5.91 Å². The van der Waals surface area contributed by atoms with Gasteiger partial charge in [-0.3, -0.25) is 4.79 Å². The van der Waals surface area contributed by atoms with Gasteiger partial charge in [0.1, 0.15) is 0 Å². The minimum Gasteiger partial charge on any atom is -0.381 e. The van der Waals surface area contributed by atoms with Gasteiger partial charge < -0.3 is 15.0 Å². The van der Waals surface area contributed by atoms with E-state index in [1.165, 1.54) is 0 Å². The number of nitrogens with one attached hydrogen (secondary N) is 1. The van der Waals surface area contributed by atoms with Crippen LogP contribution < -0.4 is 5.32 Å². The predicted octanol–water partition coefficient (Wildman–Crippen LogP) is 1.80. The molecule has 1 aromatic rings. The van der Waals surface area contributed by atoms with Crippen LogP contribution in [0.3, 0.4) is 0 Å². The SMILES string of the molecule is CCCOCC1CCN(C(=O)c2cnc(NCC)nc2)C1. The first-order valence-electron chi connectivity index (χ1n) is 7.67. The topological polar surface area (TPSA) is 67.3 Å². The van der Waals surface area contributed by atoms with E-state index in [0.29, 0.717) is 17.4 Å². The molecule has 21 heavy (non-hydrogen) atoms. The summed E-state index contributed by atoms with van der Waals surface area (Å²) in [4.78, 5) is 22.5. The van der Waals surface area contributed by atoms with Crippen LogP contribution in [0.1, 0.15) is 37.0 Å². The van der Waals surface area contributed by atoms with Crippen molar-refractivity contribution in [2.45, 2.75) is 26.7 Å². The summed E-state index contributed by atoms with van der Waals surface area (Å²) < 4.78 is 5.57. The number of aromatic nitrogens is 2. The van der Waals surface area contributed by atoms with Crippen molar-refractivity contribution in [3.05, 3.63) is 18.0 Å². The van der Waals surface area contributed by atoms with Crippen molar-refractivity contribution in [2.24, 2.45) is 5.92 Å². The van der Waals surface area contributed by atoms with Gasteiger partial charge in [-0.1, -0.05) is 6.92 Å². The highest BCUT2D eigenvalue weighted by molar-refractivity contribution is 5.93. The van der Waals surface area contributed by atoms with E-state index < -0.39 is 0 Å². The molecule has 1 aliphatic heterocycles. The van der Waals surface area contributed by atoms with Gasteiger partial charge in [-0.25, -0.2) is 9.97 Å². The van der Waals surface area contributed by atoms with E-state index >= 15 is 0 Å². The van der Waals surface area contributed by atoms with E-state index in [4.69, 9.17) is 4.74 Å². The number of hydrogen-bond acceptors (Lipinski definition) is 5. The smallest absolute Gasteiger partial charge is 0.257 e. The Morgan fingerprint density at radius 2 is 2.19 bits per heavy atom. The second-order valence-electron chi connectivity index (χ2n) is 5.31. The van der Waals surface area contributed by atoms with Crippen molar-refractivity contribution >= 4 is 11.9 Å². The molecule has 1 atom stereocenters. The van der Waals surface area contributed by atoms with E-state index in [0.717, 1.165) is 45.7 Å². The maximum atomic E-state index is 12.4. The molecule has 116 valence electrons. The first kappa shape index (κ1) is 15.7. The Hall–Kier alpha value is -1.69. The van der Waals surface area contributed by atoms with E-state index in [1.807, 2.05) is 11.8 Å². The maximum absolute atomic E-state index is 12.4. The minimum absolute atomic E-state index is 0.0102. The third-order valence-electron chi connectivity index (χ3n) is 3.51. The number of carbonyl (C=O) groups is 1. The summed E-state index contributed by atoms with van der Waals surface area (Å²) in [5, 5.41) is 3.02. The van der Waals surface area contributed by atoms with Gasteiger partial charge in [0.05, 0.1) is 12.2 Å². The summed E-state index contributed by atoms with van der Waals surface area (Å²) in [6.45, 7) is 7.93. The van der Waals surface area contributed by atoms with Gasteiger partial charge in [-0.2, -0.15) is 0 Å². The van der Waals surface area contributed by atoms with E-state index in [-0.39, 0.29) is 5.91 Å². The van der Waals surface area contributed by atoms with Crippen molar-refractivity contribution in [1.29, 1.82) is 0 Å². The molecule has 6 heteroatoms. The van der Waals surface area contributed by atoms with Crippen molar-refractivity contribution in [1.82, 2.24) is 14.9 Å². The van der Waals surface area contributed by atoms with Crippen LogP contribution in [0.5, 0.6) is 0 Å². The van der Waals surface area contributed by atoms with Gasteiger partial charge in [0, 0.05) is 44.6 Å². The van der Waals surface area contributed by atoms with Crippen LogP contribution in [0.15, 0.2) is 12.4 Å². The average Bonchev–Trinajstić information content (AvgIpc) is 2.97. The molecule has 6 nitrogen and oxygen atoms in total. The summed E-state index contributed by atoms with van der Waals surface area (Å²) in [7, 11) is 0. The molecular weight excluding hydrogens is 268 g/mol. The summed E-state index contributed by atoms with van der Waals surface area (Å²) in [5.74, 6) is 1.01. The quantitative estimate of drug-likeness (QED) is 0.776. The second kappa shape index (κ2) is 7.93. The van der Waals surface area contributed by atoms with E-state index in [9.17, 15) is 4.79 Å². The first-order valence-corrected chi connectivity index (χ1v) is 7.67. The zero-order valence-corrected chi connectivity index (χ0v) is 12.8. The van der Waals surface area contributed by atoms with Gasteiger partial charge in [0.15, 0.2) is 0 Å². The first-order chi connectivity index (χ1) is 10.2. The van der Waals surface area contributed by atoms with Crippen LogP contribution in [-0.2, 0) is 4.74 Å². The molecule has 0 radical (unpaired) electrons.